The number of carbonyl (C=O) groups excluding carboxylic acids is 1. The number of hydrogen-bond acceptors (Lipinski definition) is 6. The van der Waals surface area contributed by atoms with E-state index in [0.29, 0.717) is 27.5 Å². The van der Waals surface area contributed by atoms with Crippen molar-refractivity contribution in [2.24, 2.45) is 4.99 Å². The van der Waals surface area contributed by atoms with Crippen LogP contribution in [0.4, 0.5) is 15.2 Å². The van der Waals surface area contributed by atoms with E-state index < -0.39 is 5.91 Å². The summed E-state index contributed by atoms with van der Waals surface area (Å²) in [5.74, 6) is -0.276. The lowest BCUT2D eigenvalue weighted by Crippen LogP contribution is -2.21. The lowest BCUT2D eigenvalue weighted by molar-refractivity contribution is 0.102. The summed E-state index contributed by atoms with van der Waals surface area (Å²) in [6.07, 6.45) is 1.60. The fourth-order valence-electron chi connectivity index (χ4n) is 2.61. The molecule has 0 bridgehead atoms. The van der Waals surface area contributed by atoms with Gasteiger partial charge < -0.3 is 9.15 Å². The smallest absolute Gasteiger partial charge is 0.262 e. The number of nitrogens with one attached hydrogen (secondary N) is 1. The molecule has 0 radical (unpaired) electrons. The van der Waals surface area contributed by atoms with Gasteiger partial charge in [0.1, 0.15) is 11.4 Å². The number of hydrogen-bond donors (Lipinski definition) is 1. The third-order valence-corrected chi connectivity index (χ3v) is 4.60. The Morgan fingerprint density at radius 2 is 2.07 bits per heavy atom. The van der Waals surface area contributed by atoms with E-state index in [0.717, 1.165) is 0 Å². The van der Waals surface area contributed by atoms with Gasteiger partial charge in [-0.15, -0.1) is 11.3 Å². The van der Waals surface area contributed by atoms with E-state index in [2.05, 4.69) is 15.3 Å². The Morgan fingerprint density at radius 1 is 1.25 bits per heavy atom. The minimum atomic E-state index is -0.413. The third-order valence-electron chi connectivity index (χ3n) is 3.91. The Hall–Kier alpha value is -3.52. The van der Waals surface area contributed by atoms with Crippen LogP contribution in [0, 0.1) is 5.82 Å². The van der Waals surface area contributed by atoms with Crippen molar-refractivity contribution in [1.29, 1.82) is 0 Å². The van der Waals surface area contributed by atoms with Crippen LogP contribution in [0.1, 0.15) is 10.4 Å². The second-order valence-electron chi connectivity index (χ2n) is 5.72. The summed E-state index contributed by atoms with van der Waals surface area (Å²) in [6.45, 7) is 0. The van der Waals surface area contributed by atoms with Gasteiger partial charge in [0.15, 0.2) is 16.5 Å². The Labute approximate surface area is 163 Å². The predicted octanol–water partition coefficient (Wildman–Crippen LogP) is 4.52. The summed E-state index contributed by atoms with van der Waals surface area (Å²) < 4.78 is 24.5. The zero-order valence-corrected chi connectivity index (χ0v) is 15.5. The molecule has 6 nitrogen and oxygen atoms in total. The van der Waals surface area contributed by atoms with Crippen LogP contribution in [-0.2, 0) is 0 Å². The molecule has 8 heteroatoms. The molecule has 0 saturated carbocycles. The van der Waals surface area contributed by atoms with Crippen LogP contribution in [0.15, 0.2) is 69.5 Å². The Balaban J connectivity index is 1.90. The molecule has 0 saturated heterocycles. The van der Waals surface area contributed by atoms with E-state index in [4.69, 9.17) is 9.15 Å². The normalized spacial score (nSPS) is 11.6. The van der Waals surface area contributed by atoms with Gasteiger partial charge in [-0.1, -0.05) is 12.1 Å². The van der Waals surface area contributed by atoms with Gasteiger partial charge in [-0.2, -0.15) is 0 Å². The number of methoxy groups -OCH3 is 1. The molecule has 4 rings (SSSR count). The highest BCUT2D eigenvalue weighted by molar-refractivity contribution is 7.13. The van der Waals surface area contributed by atoms with E-state index >= 15 is 0 Å². The minimum Gasteiger partial charge on any atom is -0.493 e. The summed E-state index contributed by atoms with van der Waals surface area (Å²) in [5, 5.41) is 5.63. The van der Waals surface area contributed by atoms with Crippen LogP contribution in [0.25, 0.3) is 11.0 Å². The average molecular weight is 395 g/mol. The largest absolute Gasteiger partial charge is 0.493 e. The fraction of sp³-hybridized carbons (Fsp3) is 0.0500. The number of nitrogens with zero attached hydrogens (tertiary/aromatic N) is 2. The lowest BCUT2D eigenvalue weighted by Gasteiger charge is -2.07. The number of halogens is 1. The molecule has 0 atom stereocenters. The molecule has 0 aliphatic carbocycles. The number of aromatic nitrogens is 1. The highest BCUT2D eigenvalue weighted by Gasteiger charge is 2.15. The molecule has 0 fully saturated rings. The summed E-state index contributed by atoms with van der Waals surface area (Å²) in [4.78, 5) is 21.3. The molecular formula is C20H14FN3O3S. The quantitative estimate of drug-likeness (QED) is 0.551. The number of fused-ring (bicyclic) bond motifs is 1. The van der Waals surface area contributed by atoms with E-state index in [1.165, 1.54) is 42.7 Å². The van der Waals surface area contributed by atoms with Crippen molar-refractivity contribution in [3.63, 3.8) is 0 Å². The molecule has 1 N–H and O–H groups in total. The molecule has 1 amide bonds. The third kappa shape index (κ3) is 3.63. The first kappa shape index (κ1) is 17.9. The van der Waals surface area contributed by atoms with Crippen molar-refractivity contribution in [2.75, 3.05) is 12.4 Å². The molecule has 2 aromatic heterocycles. The van der Waals surface area contributed by atoms with Crippen LogP contribution >= 0.6 is 11.3 Å². The Kier molecular flexibility index (Phi) is 4.86. The SMILES string of the molecule is COc1cccc2cc(C(=O)Nc3nccs3)c(=Nc3ccc(F)cc3)oc12. The van der Waals surface area contributed by atoms with E-state index in [-0.39, 0.29) is 16.9 Å². The summed E-state index contributed by atoms with van der Waals surface area (Å²) >= 11 is 1.30. The number of benzene rings is 2. The van der Waals surface area contributed by atoms with Crippen LogP contribution in [0.2, 0.25) is 0 Å². The summed E-state index contributed by atoms with van der Waals surface area (Å²) in [7, 11) is 1.53. The highest BCUT2D eigenvalue weighted by atomic mass is 32.1. The summed E-state index contributed by atoms with van der Waals surface area (Å²) in [5.41, 5.74) is 1.21. The van der Waals surface area contributed by atoms with Gasteiger partial charge in [0.2, 0.25) is 5.55 Å². The van der Waals surface area contributed by atoms with Crippen molar-refractivity contribution in [1.82, 2.24) is 4.98 Å². The number of para-hydroxylation sites is 1. The van der Waals surface area contributed by atoms with Gasteiger partial charge in [-0.3, -0.25) is 10.1 Å². The topological polar surface area (TPSA) is 76.7 Å². The minimum absolute atomic E-state index is 0.0812. The molecule has 2 aromatic carbocycles. The molecule has 0 aliphatic rings. The maximum atomic E-state index is 13.2. The molecular weight excluding hydrogens is 381 g/mol. The molecule has 28 heavy (non-hydrogen) atoms. The highest BCUT2D eigenvalue weighted by Crippen LogP contribution is 2.25. The predicted molar refractivity (Wildman–Crippen MR) is 104 cm³/mol. The number of rotatable bonds is 4. The number of amides is 1. The number of carbonyl (C=O) groups is 1. The number of thiazole rings is 1. The van der Waals surface area contributed by atoms with E-state index in [1.54, 1.807) is 29.8 Å². The molecule has 4 aromatic rings. The monoisotopic (exact) mass is 395 g/mol. The Bertz CT molecular complexity index is 1200. The molecule has 2 heterocycles. The van der Waals surface area contributed by atoms with Gasteiger partial charge >= 0.3 is 0 Å². The maximum Gasteiger partial charge on any atom is 0.262 e. The van der Waals surface area contributed by atoms with Crippen LogP contribution in [0.5, 0.6) is 5.75 Å². The average Bonchev–Trinajstić information content (AvgIpc) is 3.21. The summed E-state index contributed by atoms with van der Waals surface area (Å²) in [6, 6.07) is 12.6. The first-order chi connectivity index (χ1) is 13.6. The van der Waals surface area contributed by atoms with Crippen molar-refractivity contribution < 1.29 is 18.3 Å². The van der Waals surface area contributed by atoms with Gasteiger partial charge in [-0.05, 0) is 36.4 Å². The zero-order chi connectivity index (χ0) is 19.5. The van der Waals surface area contributed by atoms with Gasteiger partial charge in [-0.25, -0.2) is 14.4 Å². The molecule has 0 aliphatic heterocycles. The van der Waals surface area contributed by atoms with E-state index in [1.807, 2.05) is 6.07 Å². The van der Waals surface area contributed by atoms with Crippen LogP contribution < -0.4 is 15.6 Å². The first-order valence-electron chi connectivity index (χ1n) is 8.26. The van der Waals surface area contributed by atoms with Crippen molar-refractivity contribution in [3.05, 3.63) is 77.0 Å². The second-order valence-corrected chi connectivity index (χ2v) is 6.62. The molecule has 0 spiro atoms. The van der Waals surface area contributed by atoms with Crippen molar-refractivity contribution >= 4 is 39.0 Å². The first-order valence-corrected chi connectivity index (χ1v) is 9.14. The zero-order valence-electron chi connectivity index (χ0n) is 14.7. The maximum absolute atomic E-state index is 13.2. The van der Waals surface area contributed by atoms with Gasteiger partial charge in [0.05, 0.1) is 12.8 Å². The standard InChI is InChI=1S/C20H14FN3O3S/c1-26-16-4-2-3-12-11-15(18(25)24-20-22-9-10-28-20)19(27-17(12)16)23-14-7-5-13(21)6-8-14/h2-11H,1H3,(H,22,24,25). The van der Waals surface area contributed by atoms with Crippen LogP contribution in [-0.4, -0.2) is 18.0 Å². The Morgan fingerprint density at radius 3 is 2.79 bits per heavy atom. The van der Waals surface area contributed by atoms with Crippen LogP contribution in [0.3, 0.4) is 0 Å². The number of anilines is 1. The van der Waals surface area contributed by atoms with Gasteiger partial charge in [0, 0.05) is 17.0 Å². The molecule has 0 unspecified atom stereocenters. The number of ether oxygens (including phenoxy) is 1. The van der Waals surface area contributed by atoms with Gasteiger partial charge in [0.25, 0.3) is 5.91 Å². The lowest BCUT2D eigenvalue weighted by atomic mass is 10.1. The molecule has 140 valence electrons. The van der Waals surface area contributed by atoms with Crippen molar-refractivity contribution in [3.8, 4) is 5.75 Å². The van der Waals surface area contributed by atoms with Crippen molar-refractivity contribution in [2.45, 2.75) is 0 Å². The van der Waals surface area contributed by atoms with E-state index in [9.17, 15) is 9.18 Å². The second kappa shape index (κ2) is 7.61. The fourth-order valence-corrected chi connectivity index (χ4v) is 3.14.